The third-order valence-electron chi connectivity index (χ3n) is 3.64. The molecule has 138 valence electrons. The summed E-state index contributed by atoms with van der Waals surface area (Å²) in [7, 11) is 0. The summed E-state index contributed by atoms with van der Waals surface area (Å²) >= 11 is 0. The summed E-state index contributed by atoms with van der Waals surface area (Å²) in [6.07, 6.45) is 2.30. The van der Waals surface area contributed by atoms with Gasteiger partial charge in [0, 0.05) is 6.54 Å². The molecule has 0 spiro atoms. The van der Waals surface area contributed by atoms with Gasteiger partial charge in [-0.25, -0.2) is 26.7 Å². The monoisotopic (exact) mass is 363 g/mol. The summed E-state index contributed by atoms with van der Waals surface area (Å²) < 4.78 is 71.3. The number of carbonyl (C=O) groups is 1. The summed E-state index contributed by atoms with van der Waals surface area (Å²) in [6, 6.07) is 0. The number of halogens is 5. The number of allylic oxidation sites excluding steroid dienone is 1. The van der Waals surface area contributed by atoms with Gasteiger partial charge < -0.3 is 10.1 Å². The van der Waals surface area contributed by atoms with Crippen molar-refractivity contribution in [1.82, 2.24) is 5.32 Å². The molecule has 0 radical (unpaired) electrons. The van der Waals surface area contributed by atoms with Crippen LogP contribution in [0, 0.1) is 40.9 Å². The molecule has 0 aliphatic heterocycles. The second-order valence-electron chi connectivity index (χ2n) is 6.89. The lowest BCUT2D eigenvalue weighted by molar-refractivity contribution is 0.0525. The second kappa shape index (κ2) is 7.01. The van der Waals surface area contributed by atoms with Gasteiger partial charge in [-0.3, -0.25) is 0 Å². The predicted octanol–water partition coefficient (Wildman–Crippen LogP) is 4.56. The molecule has 0 unspecified atom stereocenters. The second-order valence-corrected chi connectivity index (χ2v) is 6.89. The molecular formula is C17H18F5NO2. The predicted molar refractivity (Wildman–Crippen MR) is 81.1 cm³/mol. The highest BCUT2D eigenvalue weighted by Crippen LogP contribution is 2.40. The maximum absolute atomic E-state index is 13.5. The Labute approximate surface area is 141 Å². The van der Waals surface area contributed by atoms with Gasteiger partial charge in [0.05, 0.1) is 5.56 Å². The van der Waals surface area contributed by atoms with E-state index < -0.39 is 46.3 Å². The zero-order chi connectivity index (χ0) is 18.9. The average Bonchev–Trinajstić information content (AvgIpc) is 3.26. The number of nitrogens with one attached hydrogen (secondary N) is 1. The van der Waals surface area contributed by atoms with Crippen molar-refractivity contribution in [3.63, 3.8) is 0 Å². The number of hydrogen-bond acceptors (Lipinski definition) is 2. The first-order chi connectivity index (χ1) is 11.5. The van der Waals surface area contributed by atoms with E-state index >= 15 is 0 Å². The molecule has 2 atom stereocenters. The summed E-state index contributed by atoms with van der Waals surface area (Å²) in [4.78, 5) is 11.5. The third kappa shape index (κ3) is 4.70. The van der Waals surface area contributed by atoms with Crippen LogP contribution in [0.5, 0.6) is 0 Å². The van der Waals surface area contributed by atoms with E-state index in [0.29, 0.717) is 13.0 Å². The van der Waals surface area contributed by atoms with Crippen LogP contribution in [0.25, 0.3) is 6.08 Å². The van der Waals surface area contributed by atoms with Gasteiger partial charge in [-0.2, -0.15) is 0 Å². The fraction of sp³-hybridized carbons (Fsp3) is 0.471. The maximum atomic E-state index is 13.5. The lowest BCUT2D eigenvalue weighted by Gasteiger charge is -2.19. The zero-order valence-electron chi connectivity index (χ0n) is 13.9. The summed E-state index contributed by atoms with van der Waals surface area (Å²) in [5, 5.41) is 2.56. The van der Waals surface area contributed by atoms with E-state index in [2.05, 4.69) is 5.32 Å². The molecule has 1 aliphatic rings. The highest BCUT2D eigenvalue weighted by atomic mass is 19.2. The van der Waals surface area contributed by atoms with E-state index in [4.69, 9.17) is 4.74 Å². The van der Waals surface area contributed by atoms with E-state index in [9.17, 15) is 26.7 Å². The topological polar surface area (TPSA) is 38.3 Å². The third-order valence-corrected chi connectivity index (χ3v) is 3.64. The van der Waals surface area contributed by atoms with Crippen molar-refractivity contribution < 1.29 is 31.5 Å². The number of benzene rings is 1. The van der Waals surface area contributed by atoms with Gasteiger partial charge in [0.25, 0.3) is 0 Å². The van der Waals surface area contributed by atoms with Crippen molar-refractivity contribution >= 4 is 12.2 Å². The van der Waals surface area contributed by atoms with Crippen molar-refractivity contribution in [2.24, 2.45) is 11.8 Å². The Bertz CT molecular complexity index is 683. The van der Waals surface area contributed by atoms with E-state index in [1.54, 1.807) is 20.8 Å². The minimum absolute atomic E-state index is 0.0185. The molecule has 2 rings (SSSR count). The van der Waals surface area contributed by atoms with Gasteiger partial charge in [0.15, 0.2) is 23.3 Å². The summed E-state index contributed by atoms with van der Waals surface area (Å²) in [6.45, 7) is 5.46. The molecule has 8 heteroatoms. The van der Waals surface area contributed by atoms with Crippen molar-refractivity contribution in [3.8, 4) is 0 Å². The van der Waals surface area contributed by atoms with Crippen LogP contribution in [0.15, 0.2) is 6.08 Å². The van der Waals surface area contributed by atoms with Crippen LogP contribution in [0.1, 0.15) is 32.8 Å². The van der Waals surface area contributed by atoms with E-state index in [1.165, 1.54) is 6.08 Å². The molecule has 3 nitrogen and oxygen atoms in total. The number of amides is 1. The molecule has 0 saturated heterocycles. The molecule has 1 aromatic carbocycles. The molecule has 25 heavy (non-hydrogen) atoms. The smallest absolute Gasteiger partial charge is 0.407 e. The Morgan fingerprint density at radius 2 is 1.60 bits per heavy atom. The van der Waals surface area contributed by atoms with Crippen LogP contribution in [0.3, 0.4) is 0 Å². The minimum atomic E-state index is -2.18. The first kappa shape index (κ1) is 19.2. The Hall–Kier alpha value is -2.12. The molecule has 1 fully saturated rings. The fourth-order valence-electron chi connectivity index (χ4n) is 2.26. The average molecular weight is 363 g/mol. The molecule has 1 N–H and O–H groups in total. The SMILES string of the molecule is CC(C)(C)OC(=O)NC[C@@H]1C[C@@H]1/C=C/c1c(F)c(F)c(F)c(F)c1F. The summed E-state index contributed by atoms with van der Waals surface area (Å²) in [5.41, 5.74) is -1.60. The fourth-order valence-corrected chi connectivity index (χ4v) is 2.26. The van der Waals surface area contributed by atoms with Crippen LogP contribution in [0.4, 0.5) is 26.7 Å². The number of alkyl carbamates (subject to hydrolysis) is 1. The van der Waals surface area contributed by atoms with Gasteiger partial charge in [-0.15, -0.1) is 0 Å². The molecule has 1 amide bonds. The molecule has 0 heterocycles. The zero-order valence-corrected chi connectivity index (χ0v) is 13.9. The van der Waals surface area contributed by atoms with Crippen LogP contribution in [-0.4, -0.2) is 18.2 Å². The van der Waals surface area contributed by atoms with Crippen LogP contribution < -0.4 is 5.32 Å². The van der Waals surface area contributed by atoms with Crippen LogP contribution in [0.2, 0.25) is 0 Å². The van der Waals surface area contributed by atoms with E-state index in [-0.39, 0.29) is 11.8 Å². The molecular weight excluding hydrogens is 345 g/mol. The minimum Gasteiger partial charge on any atom is -0.444 e. The van der Waals surface area contributed by atoms with Gasteiger partial charge >= 0.3 is 6.09 Å². The van der Waals surface area contributed by atoms with Crippen molar-refractivity contribution in [2.45, 2.75) is 32.8 Å². The van der Waals surface area contributed by atoms with Gasteiger partial charge in [-0.1, -0.05) is 12.2 Å². The normalized spacial score (nSPS) is 20.0. The first-order valence-corrected chi connectivity index (χ1v) is 7.67. The number of hydrogen-bond donors (Lipinski definition) is 1. The van der Waals surface area contributed by atoms with Crippen molar-refractivity contribution in [1.29, 1.82) is 0 Å². The highest BCUT2D eigenvalue weighted by Gasteiger charge is 2.35. The standard InChI is InChI=1S/C17H18F5NO2/c1-17(2,3)25-16(24)23-7-9-6-8(9)4-5-10-11(18)13(20)15(22)14(21)12(10)19/h4-5,8-9H,6-7H2,1-3H3,(H,23,24)/b5-4+/t8-,9-/m0/s1. The molecule has 1 aromatic rings. The largest absolute Gasteiger partial charge is 0.444 e. The lowest BCUT2D eigenvalue weighted by Crippen LogP contribution is -2.33. The maximum Gasteiger partial charge on any atom is 0.407 e. The molecule has 0 bridgehead atoms. The van der Waals surface area contributed by atoms with Gasteiger partial charge in [-0.05, 0) is 39.0 Å². The Balaban J connectivity index is 1.94. The number of rotatable bonds is 4. The highest BCUT2D eigenvalue weighted by molar-refractivity contribution is 5.67. The van der Waals surface area contributed by atoms with Crippen LogP contribution >= 0.6 is 0 Å². The number of ether oxygens (including phenoxy) is 1. The van der Waals surface area contributed by atoms with Gasteiger partial charge in [0.1, 0.15) is 5.60 Å². The quantitative estimate of drug-likeness (QED) is 0.484. The van der Waals surface area contributed by atoms with Crippen molar-refractivity contribution in [3.05, 3.63) is 40.7 Å². The molecule has 1 aliphatic carbocycles. The Morgan fingerprint density at radius 3 is 2.12 bits per heavy atom. The first-order valence-electron chi connectivity index (χ1n) is 7.67. The summed E-state index contributed by atoms with van der Waals surface area (Å²) in [5.74, 6) is -9.96. The van der Waals surface area contributed by atoms with E-state index in [0.717, 1.165) is 6.08 Å². The van der Waals surface area contributed by atoms with Gasteiger partial charge in [0.2, 0.25) is 5.82 Å². The van der Waals surface area contributed by atoms with Crippen molar-refractivity contribution in [2.75, 3.05) is 6.54 Å². The molecule has 1 saturated carbocycles. The Kier molecular flexibility index (Phi) is 5.39. The van der Waals surface area contributed by atoms with Crippen LogP contribution in [-0.2, 0) is 4.74 Å². The molecule has 0 aromatic heterocycles. The van der Waals surface area contributed by atoms with E-state index in [1.807, 2.05) is 0 Å². The lowest BCUT2D eigenvalue weighted by atomic mass is 10.1. The number of carbonyl (C=O) groups excluding carboxylic acids is 1. The Morgan fingerprint density at radius 1 is 1.08 bits per heavy atom.